The molecule has 104 valence electrons. The van der Waals surface area contributed by atoms with Crippen LogP contribution in [-0.4, -0.2) is 16.6 Å². The van der Waals surface area contributed by atoms with E-state index in [1.54, 1.807) is 0 Å². The Kier molecular flexibility index (Phi) is 3.81. The largest absolute Gasteiger partial charge is 0.493 e. The number of aromatic nitrogens is 2. The van der Waals surface area contributed by atoms with Crippen molar-refractivity contribution in [1.82, 2.24) is 9.97 Å². The molecule has 20 heavy (non-hydrogen) atoms. The van der Waals surface area contributed by atoms with Crippen molar-refractivity contribution in [3.8, 4) is 17.1 Å². The SMILES string of the molecule is CCCc1c(Cl)nc(-c2ccc3c(c2)CCO3)nc1Cl. The van der Waals surface area contributed by atoms with Crippen molar-refractivity contribution in [2.75, 3.05) is 6.61 Å². The van der Waals surface area contributed by atoms with Gasteiger partial charge in [-0.1, -0.05) is 36.5 Å². The predicted molar refractivity (Wildman–Crippen MR) is 80.7 cm³/mol. The van der Waals surface area contributed by atoms with Gasteiger partial charge >= 0.3 is 0 Å². The molecule has 0 radical (unpaired) electrons. The van der Waals surface area contributed by atoms with Gasteiger partial charge in [0, 0.05) is 17.5 Å². The highest BCUT2D eigenvalue weighted by Crippen LogP contribution is 2.31. The Morgan fingerprint density at radius 1 is 1.20 bits per heavy atom. The van der Waals surface area contributed by atoms with Crippen molar-refractivity contribution in [2.24, 2.45) is 0 Å². The van der Waals surface area contributed by atoms with Crippen LogP contribution in [0, 0.1) is 0 Å². The zero-order valence-electron chi connectivity index (χ0n) is 11.1. The lowest BCUT2D eigenvalue weighted by Gasteiger charge is -2.08. The van der Waals surface area contributed by atoms with Crippen LogP contribution in [0.3, 0.4) is 0 Å². The first-order valence-electron chi connectivity index (χ1n) is 6.67. The number of nitrogens with zero attached hydrogens (tertiary/aromatic N) is 2. The van der Waals surface area contributed by atoms with Crippen LogP contribution < -0.4 is 4.74 Å². The molecule has 2 aromatic rings. The van der Waals surface area contributed by atoms with E-state index in [9.17, 15) is 0 Å². The van der Waals surface area contributed by atoms with Crippen molar-refractivity contribution in [1.29, 1.82) is 0 Å². The third-order valence-electron chi connectivity index (χ3n) is 3.35. The normalized spacial score (nSPS) is 13.2. The van der Waals surface area contributed by atoms with Crippen LogP contribution in [0.5, 0.6) is 5.75 Å². The van der Waals surface area contributed by atoms with Crippen LogP contribution in [-0.2, 0) is 12.8 Å². The molecule has 1 aliphatic rings. The lowest BCUT2D eigenvalue weighted by Crippen LogP contribution is -1.97. The smallest absolute Gasteiger partial charge is 0.162 e. The molecular formula is C15H14Cl2N2O. The van der Waals surface area contributed by atoms with E-state index in [0.717, 1.165) is 42.7 Å². The maximum Gasteiger partial charge on any atom is 0.162 e. The molecule has 2 heterocycles. The molecule has 1 aromatic carbocycles. The highest BCUT2D eigenvalue weighted by atomic mass is 35.5. The summed E-state index contributed by atoms with van der Waals surface area (Å²) in [7, 11) is 0. The van der Waals surface area contributed by atoms with Gasteiger partial charge in [0.15, 0.2) is 5.82 Å². The van der Waals surface area contributed by atoms with Crippen molar-refractivity contribution in [3.63, 3.8) is 0 Å². The van der Waals surface area contributed by atoms with E-state index in [4.69, 9.17) is 27.9 Å². The van der Waals surface area contributed by atoms with Gasteiger partial charge in [0.1, 0.15) is 16.1 Å². The topological polar surface area (TPSA) is 35.0 Å². The molecule has 0 saturated heterocycles. The third-order valence-corrected chi connectivity index (χ3v) is 3.98. The van der Waals surface area contributed by atoms with Crippen molar-refractivity contribution in [3.05, 3.63) is 39.6 Å². The lowest BCUT2D eigenvalue weighted by atomic mass is 10.1. The van der Waals surface area contributed by atoms with E-state index >= 15 is 0 Å². The number of fused-ring (bicyclic) bond motifs is 1. The fraction of sp³-hybridized carbons (Fsp3) is 0.333. The molecule has 0 aliphatic carbocycles. The summed E-state index contributed by atoms with van der Waals surface area (Å²) in [5.41, 5.74) is 2.92. The Morgan fingerprint density at radius 3 is 2.65 bits per heavy atom. The monoisotopic (exact) mass is 308 g/mol. The van der Waals surface area contributed by atoms with Crippen LogP contribution in [0.1, 0.15) is 24.5 Å². The molecule has 0 spiro atoms. The zero-order chi connectivity index (χ0) is 14.1. The van der Waals surface area contributed by atoms with Crippen LogP contribution in [0.2, 0.25) is 10.3 Å². The van der Waals surface area contributed by atoms with Gasteiger partial charge < -0.3 is 4.74 Å². The van der Waals surface area contributed by atoms with Crippen LogP contribution in [0.4, 0.5) is 0 Å². The summed E-state index contributed by atoms with van der Waals surface area (Å²) in [6.07, 6.45) is 2.66. The second kappa shape index (κ2) is 5.58. The summed E-state index contributed by atoms with van der Waals surface area (Å²) < 4.78 is 5.49. The minimum absolute atomic E-state index is 0.443. The maximum atomic E-state index is 6.22. The number of hydrogen-bond donors (Lipinski definition) is 0. The molecule has 1 aliphatic heterocycles. The summed E-state index contributed by atoms with van der Waals surface area (Å²) in [6.45, 7) is 2.80. The average Bonchev–Trinajstić information content (AvgIpc) is 2.90. The Labute approximate surface area is 127 Å². The predicted octanol–water partition coefficient (Wildman–Crippen LogP) is 4.34. The standard InChI is InChI=1S/C15H14Cl2N2O/c1-2-3-11-13(16)18-15(19-14(11)17)10-4-5-12-9(8-10)6-7-20-12/h4-5,8H,2-3,6-7H2,1H3. The van der Waals surface area contributed by atoms with E-state index in [0.29, 0.717) is 16.1 Å². The maximum absolute atomic E-state index is 6.22. The quantitative estimate of drug-likeness (QED) is 0.791. The summed E-state index contributed by atoms with van der Waals surface area (Å²) in [5, 5.41) is 0.886. The van der Waals surface area contributed by atoms with E-state index < -0.39 is 0 Å². The first-order chi connectivity index (χ1) is 9.69. The Balaban J connectivity index is 2.02. The molecule has 0 fully saturated rings. The number of rotatable bonds is 3. The fourth-order valence-electron chi connectivity index (χ4n) is 2.34. The second-order valence-corrected chi connectivity index (χ2v) is 5.49. The molecule has 1 aromatic heterocycles. The van der Waals surface area contributed by atoms with Crippen molar-refractivity contribution >= 4 is 23.2 Å². The molecule has 0 bridgehead atoms. The zero-order valence-corrected chi connectivity index (χ0v) is 12.6. The molecule has 0 saturated carbocycles. The summed E-state index contributed by atoms with van der Waals surface area (Å²) in [5.74, 6) is 1.50. The highest BCUT2D eigenvalue weighted by molar-refractivity contribution is 6.34. The number of hydrogen-bond acceptors (Lipinski definition) is 3. The minimum atomic E-state index is 0.443. The molecule has 3 rings (SSSR count). The molecule has 0 amide bonds. The number of benzene rings is 1. The summed E-state index contributed by atoms with van der Waals surface area (Å²) in [6, 6.07) is 5.93. The van der Waals surface area contributed by atoms with E-state index in [2.05, 4.69) is 16.9 Å². The third kappa shape index (κ3) is 2.48. The first-order valence-corrected chi connectivity index (χ1v) is 7.42. The Bertz CT molecular complexity index is 635. The Morgan fingerprint density at radius 2 is 1.95 bits per heavy atom. The van der Waals surface area contributed by atoms with Gasteiger partial charge in [-0.05, 0) is 30.2 Å². The van der Waals surface area contributed by atoms with Crippen molar-refractivity contribution in [2.45, 2.75) is 26.2 Å². The van der Waals surface area contributed by atoms with Crippen LogP contribution >= 0.6 is 23.2 Å². The second-order valence-electron chi connectivity index (χ2n) is 4.78. The number of halogens is 2. The molecule has 3 nitrogen and oxygen atoms in total. The lowest BCUT2D eigenvalue weighted by molar-refractivity contribution is 0.357. The van der Waals surface area contributed by atoms with Crippen molar-refractivity contribution < 1.29 is 4.74 Å². The molecular weight excluding hydrogens is 295 g/mol. The minimum Gasteiger partial charge on any atom is -0.493 e. The van der Waals surface area contributed by atoms with Gasteiger partial charge in [-0.25, -0.2) is 9.97 Å². The number of ether oxygens (including phenoxy) is 1. The van der Waals surface area contributed by atoms with Gasteiger partial charge in [0.25, 0.3) is 0 Å². The molecule has 0 N–H and O–H groups in total. The van der Waals surface area contributed by atoms with Crippen LogP contribution in [0.25, 0.3) is 11.4 Å². The summed E-state index contributed by atoms with van der Waals surface area (Å²) >= 11 is 12.4. The van der Waals surface area contributed by atoms with Gasteiger partial charge in [-0.3, -0.25) is 0 Å². The highest BCUT2D eigenvalue weighted by Gasteiger charge is 2.16. The molecule has 0 unspecified atom stereocenters. The first kappa shape index (κ1) is 13.7. The summed E-state index contributed by atoms with van der Waals surface area (Å²) in [4.78, 5) is 8.75. The van der Waals surface area contributed by atoms with E-state index in [1.165, 1.54) is 5.56 Å². The van der Waals surface area contributed by atoms with Gasteiger partial charge in [-0.2, -0.15) is 0 Å². The van der Waals surface area contributed by atoms with Gasteiger partial charge in [0.2, 0.25) is 0 Å². The van der Waals surface area contributed by atoms with Gasteiger partial charge in [0.05, 0.1) is 6.61 Å². The van der Waals surface area contributed by atoms with E-state index in [-0.39, 0.29) is 0 Å². The van der Waals surface area contributed by atoms with E-state index in [1.807, 2.05) is 18.2 Å². The molecule has 0 atom stereocenters. The Hall–Kier alpha value is -1.32. The van der Waals surface area contributed by atoms with Crippen LogP contribution in [0.15, 0.2) is 18.2 Å². The van der Waals surface area contributed by atoms with Gasteiger partial charge in [-0.15, -0.1) is 0 Å². The fourth-order valence-corrected chi connectivity index (χ4v) is 2.92. The molecule has 5 heteroatoms. The average molecular weight is 309 g/mol.